The molecule has 0 saturated heterocycles. The summed E-state index contributed by atoms with van der Waals surface area (Å²) >= 11 is 0. The Morgan fingerprint density at radius 3 is 2.28 bits per heavy atom. The number of nitrogens with zero attached hydrogens (tertiary/aromatic N) is 1. The van der Waals surface area contributed by atoms with Crippen LogP contribution in [0.3, 0.4) is 0 Å². The zero-order chi connectivity index (χ0) is 17.8. The van der Waals surface area contributed by atoms with Crippen molar-refractivity contribution in [3.05, 3.63) is 30.3 Å². The molecule has 0 aromatic heterocycles. The van der Waals surface area contributed by atoms with Gasteiger partial charge in [-0.25, -0.2) is 13.1 Å². The third-order valence-corrected chi connectivity index (χ3v) is 4.96. The van der Waals surface area contributed by atoms with Crippen LogP contribution in [0.2, 0.25) is 0 Å². The Balaban J connectivity index is 0.00000576. The Morgan fingerprint density at radius 1 is 1.04 bits per heavy atom. The molecule has 144 valence electrons. The van der Waals surface area contributed by atoms with E-state index < -0.39 is 10.0 Å². The molecule has 1 aromatic carbocycles. The van der Waals surface area contributed by atoms with Crippen LogP contribution < -0.4 is 15.4 Å². The molecule has 1 aromatic rings. The van der Waals surface area contributed by atoms with Crippen molar-refractivity contribution in [2.45, 2.75) is 38.0 Å². The van der Waals surface area contributed by atoms with E-state index in [1.807, 2.05) is 0 Å². The van der Waals surface area contributed by atoms with Gasteiger partial charge >= 0.3 is 0 Å². The Hall–Kier alpha value is -0.870. The van der Waals surface area contributed by atoms with Gasteiger partial charge < -0.3 is 10.6 Å². The molecule has 0 fully saturated rings. The molecule has 0 amide bonds. The van der Waals surface area contributed by atoms with E-state index in [1.54, 1.807) is 37.4 Å². The van der Waals surface area contributed by atoms with Crippen LogP contribution in [0.1, 0.15) is 33.1 Å². The Bertz CT molecular complexity index is 592. The summed E-state index contributed by atoms with van der Waals surface area (Å²) < 4.78 is 26.7. The van der Waals surface area contributed by atoms with Gasteiger partial charge in [0.15, 0.2) is 5.96 Å². The highest BCUT2D eigenvalue weighted by molar-refractivity contribution is 14.0. The van der Waals surface area contributed by atoms with Crippen molar-refractivity contribution in [1.29, 1.82) is 0 Å². The van der Waals surface area contributed by atoms with Gasteiger partial charge in [-0.05, 0) is 24.5 Å². The van der Waals surface area contributed by atoms with Crippen LogP contribution >= 0.6 is 24.0 Å². The predicted octanol–water partition coefficient (Wildman–Crippen LogP) is 2.57. The van der Waals surface area contributed by atoms with E-state index >= 15 is 0 Å². The lowest BCUT2D eigenvalue weighted by Gasteiger charge is -2.12. The zero-order valence-electron chi connectivity index (χ0n) is 15.3. The summed E-state index contributed by atoms with van der Waals surface area (Å²) in [6.07, 6.45) is 3.52. The normalized spacial score (nSPS) is 11.9. The van der Waals surface area contributed by atoms with Crippen molar-refractivity contribution < 1.29 is 8.42 Å². The molecule has 0 spiro atoms. The maximum atomic E-state index is 12.1. The quantitative estimate of drug-likeness (QED) is 0.207. The molecule has 0 aliphatic heterocycles. The molecule has 1 rings (SSSR count). The first-order valence-electron chi connectivity index (χ1n) is 8.45. The lowest BCUT2D eigenvalue weighted by atomic mass is 10.1. The predicted molar refractivity (Wildman–Crippen MR) is 115 cm³/mol. The number of guanidine groups is 1. The highest BCUT2D eigenvalue weighted by Crippen LogP contribution is 2.06. The second-order valence-electron chi connectivity index (χ2n) is 6.03. The average Bonchev–Trinajstić information content (AvgIpc) is 2.57. The number of halogens is 1. The number of hydrogen-bond donors (Lipinski definition) is 3. The van der Waals surface area contributed by atoms with Gasteiger partial charge in [0.2, 0.25) is 10.0 Å². The van der Waals surface area contributed by atoms with E-state index in [-0.39, 0.29) is 28.9 Å². The second kappa shape index (κ2) is 13.3. The van der Waals surface area contributed by atoms with Crippen LogP contribution in [0.5, 0.6) is 0 Å². The summed E-state index contributed by atoms with van der Waals surface area (Å²) in [7, 11) is -1.74. The fourth-order valence-corrected chi connectivity index (χ4v) is 3.21. The maximum absolute atomic E-state index is 12.1. The van der Waals surface area contributed by atoms with E-state index in [4.69, 9.17) is 0 Å². The number of hydrogen-bond acceptors (Lipinski definition) is 3. The van der Waals surface area contributed by atoms with Crippen LogP contribution in [0, 0.1) is 5.92 Å². The highest BCUT2D eigenvalue weighted by atomic mass is 127. The van der Waals surface area contributed by atoms with Crippen molar-refractivity contribution in [3.63, 3.8) is 0 Å². The third-order valence-electron chi connectivity index (χ3n) is 3.49. The van der Waals surface area contributed by atoms with Crippen LogP contribution in [-0.2, 0) is 10.0 Å². The molecule has 8 heteroatoms. The summed E-state index contributed by atoms with van der Waals surface area (Å²) in [5, 5.41) is 6.34. The van der Waals surface area contributed by atoms with Crippen LogP contribution in [-0.4, -0.2) is 41.1 Å². The Morgan fingerprint density at radius 2 is 1.68 bits per heavy atom. The number of benzene rings is 1. The molecular weight excluding hydrogens is 451 g/mol. The lowest BCUT2D eigenvalue weighted by Crippen LogP contribution is -2.41. The van der Waals surface area contributed by atoms with Crippen molar-refractivity contribution >= 4 is 40.0 Å². The van der Waals surface area contributed by atoms with Gasteiger partial charge in [0.05, 0.1) is 4.90 Å². The molecule has 0 aliphatic rings. The first kappa shape index (κ1) is 24.1. The molecule has 0 radical (unpaired) electrons. The van der Waals surface area contributed by atoms with Crippen LogP contribution in [0.15, 0.2) is 40.2 Å². The van der Waals surface area contributed by atoms with Crippen molar-refractivity contribution in [2.75, 3.05) is 26.7 Å². The summed E-state index contributed by atoms with van der Waals surface area (Å²) in [4.78, 5) is 4.41. The summed E-state index contributed by atoms with van der Waals surface area (Å²) in [6, 6.07) is 8.36. The SMILES string of the molecule is CN=C(NCCCCC(C)C)NCCNS(=O)(=O)c1ccccc1.I. The topological polar surface area (TPSA) is 82.6 Å². The van der Waals surface area contributed by atoms with Gasteiger partial charge in [-0.1, -0.05) is 44.9 Å². The number of sulfonamides is 1. The van der Waals surface area contributed by atoms with E-state index in [0.717, 1.165) is 18.9 Å². The fraction of sp³-hybridized carbons (Fsp3) is 0.588. The number of rotatable bonds is 10. The van der Waals surface area contributed by atoms with Crippen LogP contribution in [0.25, 0.3) is 0 Å². The molecule has 6 nitrogen and oxygen atoms in total. The number of aliphatic imine (C=N–C) groups is 1. The monoisotopic (exact) mass is 482 g/mol. The molecule has 0 bridgehead atoms. The van der Waals surface area contributed by atoms with Gasteiger partial charge in [0, 0.05) is 26.7 Å². The average molecular weight is 482 g/mol. The van der Waals surface area contributed by atoms with E-state index in [2.05, 4.69) is 34.2 Å². The van der Waals surface area contributed by atoms with Gasteiger partial charge in [0.25, 0.3) is 0 Å². The zero-order valence-corrected chi connectivity index (χ0v) is 18.4. The minimum Gasteiger partial charge on any atom is -0.356 e. The summed E-state index contributed by atoms with van der Waals surface area (Å²) in [6.45, 7) is 6.08. The van der Waals surface area contributed by atoms with Crippen molar-refractivity contribution in [2.24, 2.45) is 10.9 Å². The minimum absolute atomic E-state index is 0. The minimum atomic E-state index is -3.45. The van der Waals surface area contributed by atoms with Gasteiger partial charge in [-0.15, -0.1) is 24.0 Å². The molecule has 3 N–H and O–H groups in total. The van der Waals surface area contributed by atoms with Gasteiger partial charge in [0.1, 0.15) is 0 Å². The second-order valence-corrected chi connectivity index (χ2v) is 7.79. The molecule has 0 unspecified atom stereocenters. The Kier molecular flexibility index (Phi) is 12.9. The number of nitrogens with one attached hydrogen (secondary N) is 3. The smallest absolute Gasteiger partial charge is 0.240 e. The molecule has 25 heavy (non-hydrogen) atoms. The van der Waals surface area contributed by atoms with Gasteiger partial charge in [-0.3, -0.25) is 4.99 Å². The first-order chi connectivity index (χ1) is 11.5. The van der Waals surface area contributed by atoms with E-state index in [0.29, 0.717) is 19.0 Å². The van der Waals surface area contributed by atoms with Crippen molar-refractivity contribution in [3.8, 4) is 0 Å². The highest BCUT2D eigenvalue weighted by Gasteiger charge is 2.11. The molecule has 0 atom stereocenters. The fourth-order valence-electron chi connectivity index (χ4n) is 2.15. The maximum Gasteiger partial charge on any atom is 0.240 e. The molecule has 0 aliphatic carbocycles. The largest absolute Gasteiger partial charge is 0.356 e. The first-order valence-corrected chi connectivity index (χ1v) is 9.93. The van der Waals surface area contributed by atoms with E-state index in [1.165, 1.54) is 12.8 Å². The Labute approximate surface area is 169 Å². The standard InChI is InChI=1S/C17H30N4O2S.HI/c1-15(2)9-7-8-12-19-17(18-3)20-13-14-21-24(22,23)16-10-5-4-6-11-16;/h4-6,10-11,15,21H,7-9,12-14H2,1-3H3,(H2,18,19,20);1H. The number of unbranched alkanes of at least 4 members (excludes halogenated alkanes) is 1. The van der Waals surface area contributed by atoms with Gasteiger partial charge in [-0.2, -0.15) is 0 Å². The molecule has 0 saturated carbocycles. The summed E-state index contributed by atoms with van der Waals surface area (Å²) in [5.74, 6) is 1.43. The third kappa shape index (κ3) is 10.7. The molecular formula is C17H31IN4O2S. The van der Waals surface area contributed by atoms with Crippen molar-refractivity contribution in [1.82, 2.24) is 15.4 Å². The summed E-state index contributed by atoms with van der Waals surface area (Å²) in [5.41, 5.74) is 0. The van der Waals surface area contributed by atoms with E-state index in [9.17, 15) is 8.42 Å². The molecule has 0 heterocycles. The van der Waals surface area contributed by atoms with Crippen LogP contribution in [0.4, 0.5) is 0 Å². The lowest BCUT2D eigenvalue weighted by molar-refractivity contribution is 0.534.